The Kier molecular flexibility index (Phi) is 5.18. The van der Waals surface area contributed by atoms with Crippen LogP contribution in [0.2, 0.25) is 0 Å². The highest BCUT2D eigenvalue weighted by molar-refractivity contribution is 5.66. The van der Waals surface area contributed by atoms with E-state index in [9.17, 15) is 13.6 Å². The van der Waals surface area contributed by atoms with E-state index < -0.39 is 11.9 Å². The molecule has 24 heavy (non-hydrogen) atoms. The average molecular weight is 341 g/mol. The van der Waals surface area contributed by atoms with E-state index in [1.54, 1.807) is 6.20 Å². The van der Waals surface area contributed by atoms with Crippen LogP contribution in [0.5, 0.6) is 0 Å². The predicted molar refractivity (Wildman–Crippen MR) is 85.2 cm³/mol. The lowest BCUT2D eigenvalue weighted by Crippen LogP contribution is -2.39. The summed E-state index contributed by atoms with van der Waals surface area (Å²) < 4.78 is 28.0. The van der Waals surface area contributed by atoms with Crippen LogP contribution < -0.4 is 0 Å². The van der Waals surface area contributed by atoms with Gasteiger partial charge in [0.1, 0.15) is 6.54 Å². The van der Waals surface area contributed by atoms with Crippen molar-refractivity contribution in [1.29, 1.82) is 0 Å². The Balaban J connectivity index is 1.53. The molecule has 134 valence electrons. The molecule has 0 aromatic carbocycles. The standard InChI is InChI=1S/C17H25F2N3O2/c18-17(19)6-3-13(4-7-17)10-21-8-1-2-14(11-21)15-5-9-22(20-15)12-16(23)24/h5,9,13-14H,1-4,6-8,10-12H2,(H,23,24)/t14-/m1/s1. The van der Waals surface area contributed by atoms with E-state index in [2.05, 4.69) is 10.00 Å². The number of carboxylic acids is 1. The Morgan fingerprint density at radius 3 is 2.79 bits per heavy atom. The third-order valence-corrected chi connectivity index (χ3v) is 5.24. The number of rotatable bonds is 5. The second-order valence-corrected chi connectivity index (χ2v) is 7.23. The van der Waals surface area contributed by atoms with Gasteiger partial charge < -0.3 is 10.0 Å². The van der Waals surface area contributed by atoms with Gasteiger partial charge in [0.2, 0.25) is 5.92 Å². The van der Waals surface area contributed by atoms with Crippen molar-refractivity contribution in [3.05, 3.63) is 18.0 Å². The molecule has 1 atom stereocenters. The highest BCUT2D eigenvalue weighted by atomic mass is 19.3. The number of aliphatic carboxylic acids is 1. The first-order valence-corrected chi connectivity index (χ1v) is 8.76. The molecule has 3 rings (SSSR count). The summed E-state index contributed by atoms with van der Waals surface area (Å²) in [7, 11) is 0. The molecular weight excluding hydrogens is 316 g/mol. The van der Waals surface area contributed by atoms with Crippen molar-refractivity contribution in [2.75, 3.05) is 19.6 Å². The Hall–Kier alpha value is -1.50. The fourth-order valence-corrected chi connectivity index (χ4v) is 3.93. The van der Waals surface area contributed by atoms with E-state index in [1.807, 2.05) is 6.07 Å². The molecule has 2 fully saturated rings. The maximum absolute atomic E-state index is 13.3. The summed E-state index contributed by atoms with van der Waals surface area (Å²) in [6.07, 6.45) is 5.10. The maximum atomic E-state index is 13.3. The molecule has 1 saturated heterocycles. The topological polar surface area (TPSA) is 58.4 Å². The first-order chi connectivity index (χ1) is 11.4. The molecule has 1 N–H and O–H groups in total. The number of piperidine rings is 1. The van der Waals surface area contributed by atoms with Crippen LogP contribution in [0.25, 0.3) is 0 Å². The predicted octanol–water partition coefficient (Wildman–Crippen LogP) is 2.97. The number of hydrogen-bond donors (Lipinski definition) is 1. The molecule has 1 aromatic rings. The maximum Gasteiger partial charge on any atom is 0.325 e. The van der Waals surface area contributed by atoms with Crippen molar-refractivity contribution >= 4 is 5.97 Å². The third-order valence-electron chi connectivity index (χ3n) is 5.24. The SMILES string of the molecule is O=C(O)Cn1ccc([C@@H]2CCCN(CC3CCC(F)(F)CC3)C2)n1. The lowest BCUT2D eigenvalue weighted by molar-refractivity contribution is -0.137. The zero-order valence-corrected chi connectivity index (χ0v) is 13.8. The summed E-state index contributed by atoms with van der Waals surface area (Å²) in [5, 5.41) is 13.2. The minimum Gasteiger partial charge on any atom is -0.480 e. The van der Waals surface area contributed by atoms with Gasteiger partial charge in [-0.05, 0) is 44.2 Å². The van der Waals surface area contributed by atoms with Gasteiger partial charge in [0, 0.05) is 38.0 Å². The molecule has 5 nitrogen and oxygen atoms in total. The number of nitrogens with zero attached hydrogens (tertiary/aromatic N) is 3. The number of likely N-dealkylation sites (tertiary alicyclic amines) is 1. The van der Waals surface area contributed by atoms with E-state index >= 15 is 0 Å². The zero-order chi connectivity index (χ0) is 17.2. The van der Waals surface area contributed by atoms with Gasteiger partial charge in [0.05, 0.1) is 5.69 Å². The second kappa shape index (κ2) is 7.17. The summed E-state index contributed by atoms with van der Waals surface area (Å²) in [6, 6.07) is 1.90. The Bertz CT molecular complexity index is 566. The summed E-state index contributed by atoms with van der Waals surface area (Å²) in [5.74, 6) is -2.69. The van der Waals surface area contributed by atoms with Crippen LogP contribution in [0, 0.1) is 5.92 Å². The third kappa shape index (κ3) is 4.53. The normalized spacial score (nSPS) is 25.7. The molecule has 7 heteroatoms. The molecule has 1 saturated carbocycles. The van der Waals surface area contributed by atoms with Gasteiger partial charge in [-0.1, -0.05) is 0 Å². The molecule has 0 radical (unpaired) electrons. The summed E-state index contributed by atoms with van der Waals surface area (Å²) in [4.78, 5) is 13.1. The lowest BCUT2D eigenvalue weighted by Gasteiger charge is -2.36. The van der Waals surface area contributed by atoms with E-state index in [0.29, 0.717) is 24.7 Å². The minimum absolute atomic E-state index is 0.0224. The zero-order valence-electron chi connectivity index (χ0n) is 13.8. The quantitative estimate of drug-likeness (QED) is 0.894. The molecule has 0 spiro atoms. The molecule has 1 aliphatic heterocycles. The molecule has 0 unspecified atom stereocenters. The van der Waals surface area contributed by atoms with Crippen LogP contribution in [0.3, 0.4) is 0 Å². The molecular formula is C17H25F2N3O2. The van der Waals surface area contributed by atoms with Crippen molar-refractivity contribution in [3.63, 3.8) is 0 Å². The van der Waals surface area contributed by atoms with Crippen LogP contribution in [0.4, 0.5) is 8.78 Å². The van der Waals surface area contributed by atoms with Crippen molar-refractivity contribution in [1.82, 2.24) is 14.7 Å². The van der Waals surface area contributed by atoms with Crippen molar-refractivity contribution in [3.8, 4) is 0 Å². The number of alkyl halides is 2. The Labute approximate surface area is 140 Å². The van der Waals surface area contributed by atoms with Crippen molar-refractivity contribution < 1.29 is 18.7 Å². The smallest absolute Gasteiger partial charge is 0.325 e. The second-order valence-electron chi connectivity index (χ2n) is 7.23. The molecule has 0 bridgehead atoms. The molecule has 1 aliphatic carbocycles. The van der Waals surface area contributed by atoms with E-state index in [1.165, 1.54) is 4.68 Å². The van der Waals surface area contributed by atoms with Gasteiger partial charge in [0.15, 0.2) is 0 Å². The van der Waals surface area contributed by atoms with E-state index in [4.69, 9.17) is 5.11 Å². The molecule has 2 aliphatic rings. The fourth-order valence-electron chi connectivity index (χ4n) is 3.93. The molecule has 0 amide bonds. The number of halogens is 2. The van der Waals surface area contributed by atoms with Gasteiger partial charge in [0.25, 0.3) is 0 Å². The Morgan fingerprint density at radius 1 is 1.33 bits per heavy atom. The highest BCUT2D eigenvalue weighted by Crippen LogP contribution is 2.37. The largest absolute Gasteiger partial charge is 0.480 e. The number of aromatic nitrogens is 2. The van der Waals surface area contributed by atoms with Crippen LogP contribution in [0.1, 0.15) is 50.1 Å². The monoisotopic (exact) mass is 341 g/mol. The van der Waals surface area contributed by atoms with Gasteiger partial charge in [-0.15, -0.1) is 0 Å². The minimum atomic E-state index is -2.46. The number of hydrogen-bond acceptors (Lipinski definition) is 3. The lowest BCUT2D eigenvalue weighted by atomic mass is 9.85. The van der Waals surface area contributed by atoms with Crippen LogP contribution in [0.15, 0.2) is 12.3 Å². The average Bonchev–Trinajstić information content (AvgIpc) is 2.97. The van der Waals surface area contributed by atoms with Crippen LogP contribution in [-0.4, -0.2) is 51.3 Å². The van der Waals surface area contributed by atoms with Gasteiger partial charge in [-0.2, -0.15) is 5.10 Å². The van der Waals surface area contributed by atoms with Gasteiger partial charge in [-0.3, -0.25) is 9.48 Å². The number of carboxylic acid groups (broad SMARTS) is 1. The van der Waals surface area contributed by atoms with Crippen molar-refractivity contribution in [2.24, 2.45) is 5.92 Å². The number of carbonyl (C=O) groups is 1. The Morgan fingerprint density at radius 2 is 2.08 bits per heavy atom. The molecule has 2 heterocycles. The van der Waals surface area contributed by atoms with Gasteiger partial charge >= 0.3 is 5.97 Å². The van der Waals surface area contributed by atoms with Crippen LogP contribution in [-0.2, 0) is 11.3 Å². The summed E-state index contributed by atoms with van der Waals surface area (Å²) >= 11 is 0. The van der Waals surface area contributed by atoms with E-state index in [0.717, 1.165) is 38.2 Å². The van der Waals surface area contributed by atoms with Crippen LogP contribution >= 0.6 is 0 Å². The molecule has 1 aromatic heterocycles. The van der Waals surface area contributed by atoms with E-state index in [-0.39, 0.29) is 19.4 Å². The fraction of sp³-hybridized carbons (Fsp3) is 0.765. The van der Waals surface area contributed by atoms with Crippen molar-refractivity contribution in [2.45, 2.75) is 56.9 Å². The van der Waals surface area contributed by atoms with Gasteiger partial charge in [-0.25, -0.2) is 8.78 Å². The highest BCUT2D eigenvalue weighted by Gasteiger charge is 2.36. The summed E-state index contributed by atoms with van der Waals surface area (Å²) in [6.45, 7) is 2.67. The first-order valence-electron chi connectivity index (χ1n) is 8.76. The summed E-state index contributed by atoms with van der Waals surface area (Å²) in [5.41, 5.74) is 0.941. The first kappa shape index (κ1) is 17.3.